The predicted molar refractivity (Wildman–Crippen MR) is 71.6 cm³/mol. The number of carbonyl (C=O) groups is 1. The summed E-state index contributed by atoms with van der Waals surface area (Å²) in [5, 5.41) is 3.05. The third kappa shape index (κ3) is 3.98. The Bertz CT molecular complexity index is 245. The van der Waals surface area contributed by atoms with E-state index < -0.39 is 0 Å². The average molecular weight is 240 g/mol. The second-order valence-electron chi connectivity index (χ2n) is 6.14. The molecule has 1 amide bonds. The second-order valence-corrected chi connectivity index (χ2v) is 6.14. The van der Waals surface area contributed by atoms with Gasteiger partial charge < -0.3 is 11.1 Å². The minimum absolute atomic E-state index is 0.183. The van der Waals surface area contributed by atoms with E-state index in [2.05, 4.69) is 26.1 Å². The number of unbranched alkanes of at least 4 members (excludes halogenated alkanes) is 1. The number of amides is 1. The van der Waals surface area contributed by atoms with Crippen molar-refractivity contribution in [3.05, 3.63) is 0 Å². The molecular weight excluding hydrogens is 212 g/mol. The quantitative estimate of drug-likeness (QED) is 0.671. The summed E-state index contributed by atoms with van der Waals surface area (Å²) in [6.45, 7) is 7.95. The standard InChI is InChI=1S/C14H28N2O/c1-11(2)6-4-5-7-16-13(17)14(10-15)8-12(3)9-14/h11-12H,4-10,15H2,1-3H3,(H,16,17). The first-order valence-corrected chi connectivity index (χ1v) is 6.98. The van der Waals surface area contributed by atoms with Gasteiger partial charge in [0.1, 0.15) is 0 Å². The molecule has 1 fully saturated rings. The van der Waals surface area contributed by atoms with Gasteiger partial charge >= 0.3 is 0 Å². The highest BCUT2D eigenvalue weighted by molar-refractivity contribution is 5.83. The molecule has 3 heteroatoms. The van der Waals surface area contributed by atoms with Crippen LogP contribution in [0, 0.1) is 17.3 Å². The lowest BCUT2D eigenvalue weighted by molar-refractivity contribution is -0.138. The second kappa shape index (κ2) is 6.39. The third-order valence-electron chi connectivity index (χ3n) is 3.84. The van der Waals surface area contributed by atoms with Crippen LogP contribution in [0.2, 0.25) is 0 Å². The Hall–Kier alpha value is -0.570. The number of nitrogens with one attached hydrogen (secondary N) is 1. The van der Waals surface area contributed by atoms with Crippen LogP contribution >= 0.6 is 0 Å². The van der Waals surface area contributed by atoms with Crippen molar-refractivity contribution in [2.75, 3.05) is 13.1 Å². The molecular formula is C14H28N2O. The van der Waals surface area contributed by atoms with Crippen molar-refractivity contribution in [3.8, 4) is 0 Å². The summed E-state index contributed by atoms with van der Waals surface area (Å²) in [4.78, 5) is 12.0. The fourth-order valence-corrected chi connectivity index (χ4v) is 2.79. The molecule has 0 saturated heterocycles. The Morgan fingerprint density at radius 1 is 1.41 bits per heavy atom. The van der Waals surface area contributed by atoms with Crippen molar-refractivity contribution in [2.24, 2.45) is 23.0 Å². The van der Waals surface area contributed by atoms with E-state index in [9.17, 15) is 4.79 Å². The molecule has 100 valence electrons. The van der Waals surface area contributed by atoms with Gasteiger partial charge in [-0.25, -0.2) is 0 Å². The average Bonchev–Trinajstić information content (AvgIpc) is 2.23. The van der Waals surface area contributed by atoms with E-state index in [1.54, 1.807) is 0 Å². The van der Waals surface area contributed by atoms with Gasteiger partial charge in [0.2, 0.25) is 5.91 Å². The van der Waals surface area contributed by atoms with Gasteiger partial charge in [0.05, 0.1) is 5.41 Å². The molecule has 0 aliphatic heterocycles. The predicted octanol–water partition coefficient (Wildman–Crippen LogP) is 2.30. The molecule has 0 bridgehead atoms. The molecule has 0 aromatic heterocycles. The van der Waals surface area contributed by atoms with Crippen LogP contribution in [-0.4, -0.2) is 19.0 Å². The monoisotopic (exact) mass is 240 g/mol. The Morgan fingerprint density at radius 3 is 2.53 bits per heavy atom. The van der Waals surface area contributed by atoms with Crippen LogP contribution in [-0.2, 0) is 4.79 Å². The maximum Gasteiger partial charge on any atom is 0.227 e. The van der Waals surface area contributed by atoms with Crippen molar-refractivity contribution in [3.63, 3.8) is 0 Å². The van der Waals surface area contributed by atoms with Crippen LogP contribution < -0.4 is 11.1 Å². The zero-order valence-electron chi connectivity index (χ0n) is 11.6. The van der Waals surface area contributed by atoms with Crippen LogP contribution in [0.5, 0.6) is 0 Å². The molecule has 0 spiro atoms. The Labute approximate surface area is 106 Å². The summed E-state index contributed by atoms with van der Waals surface area (Å²) in [7, 11) is 0. The lowest BCUT2D eigenvalue weighted by Gasteiger charge is -2.44. The topological polar surface area (TPSA) is 55.1 Å². The van der Waals surface area contributed by atoms with Crippen LogP contribution in [0.1, 0.15) is 52.9 Å². The molecule has 0 radical (unpaired) electrons. The summed E-state index contributed by atoms with van der Waals surface area (Å²) in [6.07, 6.45) is 5.45. The minimum Gasteiger partial charge on any atom is -0.356 e. The molecule has 3 N–H and O–H groups in total. The zero-order valence-corrected chi connectivity index (χ0v) is 11.6. The highest BCUT2D eigenvalue weighted by Crippen LogP contribution is 2.44. The number of nitrogens with two attached hydrogens (primary N) is 1. The smallest absolute Gasteiger partial charge is 0.227 e. The van der Waals surface area contributed by atoms with E-state index in [4.69, 9.17) is 5.73 Å². The normalized spacial score (nSPS) is 27.9. The van der Waals surface area contributed by atoms with Crippen molar-refractivity contribution in [2.45, 2.75) is 52.9 Å². The largest absolute Gasteiger partial charge is 0.356 e. The fraction of sp³-hybridized carbons (Fsp3) is 0.929. The molecule has 0 heterocycles. The van der Waals surface area contributed by atoms with Gasteiger partial charge in [-0.3, -0.25) is 4.79 Å². The van der Waals surface area contributed by atoms with Crippen molar-refractivity contribution >= 4 is 5.91 Å². The van der Waals surface area contributed by atoms with Crippen molar-refractivity contribution in [1.82, 2.24) is 5.32 Å². The molecule has 0 aromatic carbocycles. The summed E-state index contributed by atoms with van der Waals surface area (Å²) < 4.78 is 0. The Balaban J connectivity index is 2.16. The van der Waals surface area contributed by atoms with E-state index >= 15 is 0 Å². The van der Waals surface area contributed by atoms with E-state index in [1.165, 1.54) is 12.8 Å². The first-order valence-electron chi connectivity index (χ1n) is 6.98. The summed E-state index contributed by atoms with van der Waals surface area (Å²) in [6, 6.07) is 0. The summed E-state index contributed by atoms with van der Waals surface area (Å²) in [5.41, 5.74) is 5.50. The zero-order chi connectivity index (χ0) is 12.9. The lowest BCUT2D eigenvalue weighted by Crippen LogP contribution is -2.53. The van der Waals surface area contributed by atoms with E-state index in [1.807, 2.05) is 0 Å². The third-order valence-corrected chi connectivity index (χ3v) is 3.84. The van der Waals surface area contributed by atoms with Gasteiger partial charge in [0, 0.05) is 13.1 Å². The number of rotatable bonds is 7. The number of carbonyl (C=O) groups excluding carboxylic acids is 1. The molecule has 1 saturated carbocycles. The van der Waals surface area contributed by atoms with Gasteiger partial charge in [0.15, 0.2) is 0 Å². The SMILES string of the molecule is CC(C)CCCCNC(=O)C1(CN)CC(C)C1. The van der Waals surface area contributed by atoms with Crippen LogP contribution in [0.4, 0.5) is 0 Å². The Morgan fingerprint density at radius 2 is 2.06 bits per heavy atom. The molecule has 0 atom stereocenters. The molecule has 0 unspecified atom stereocenters. The molecule has 3 nitrogen and oxygen atoms in total. The fourth-order valence-electron chi connectivity index (χ4n) is 2.79. The molecule has 1 aliphatic rings. The van der Waals surface area contributed by atoms with Gasteiger partial charge in [-0.05, 0) is 31.1 Å². The van der Waals surface area contributed by atoms with Crippen LogP contribution in [0.15, 0.2) is 0 Å². The number of hydrogen-bond donors (Lipinski definition) is 2. The van der Waals surface area contributed by atoms with Crippen LogP contribution in [0.3, 0.4) is 0 Å². The maximum absolute atomic E-state index is 12.0. The van der Waals surface area contributed by atoms with Crippen molar-refractivity contribution < 1.29 is 4.79 Å². The van der Waals surface area contributed by atoms with E-state index in [0.29, 0.717) is 12.5 Å². The van der Waals surface area contributed by atoms with Gasteiger partial charge in [-0.1, -0.05) is 33.6 Å². The summed E-state index contributed by atoms with van der Waals surface area (Å²) in [5.74, 6) is 1.60. The summed E-state index contributed by atoms with van der Waals surface area (Å²) >= 11 is 0. The van der Waals surface area contributed by atoms with Crippen LogP contribution in [0.25, 0.3) is 0 Å². The van der Waals surface area contributed by atoms with E-state index in [-0.39, 0.29) is 11.3 Å². The van der Waals surface area contributed by atoms with Gasteiger partial charge in [0.25, 0.3) is 0 Å². The molecule has 1 rings (SSSR count). The Kier molecular flexibility index (Phi) is 5.44. The molecule has 17 heavy (non-hydrogen) atoms. The highest BCUT2D eigenvalue weighted by atomic mass is 16.2. The molecule has 0 aromatic rings. The lowest BCUT2D eigenvalue weighted by atomic mass is 9.62. The highest BCUT2D eigenvalue weighted by Gasteiger charge is 2.46. The first-order chi connectivity index (χ1) is 8.00. The van der Waals surface area contributed by atoms with Gasteiger partial charge in [-0.2, -0.15) is 0 Å². The van der Waals surface area contributed by atoms with E-state index in [0.717, 1.165) is 31.7 Å². The first kappa shape index (κ1) is 14.5. The number of hydrogen-bond acceptors (Lipinski definition) is 2. The minimum atomic E-state index is -0.239. The maximum atomic E-state index is 12.0. The van der Waals surface area contributed by atoms with Crippen molar-refractivity contribution in [1.29, 1.82) is 0 Å². The molecule has 1 aliphatic carbocycles. The van der Waals surface area contributed by atoms with Gasteiger partial charge in [-0.15, -0.1) is 0 Å².